The van der Waals surface area contributed by atoms with Gasteiger partial charge < -0.3 is 0 Å². The van der Waals surface area contributed by atoms with Gasteiger partial charge in [-0.25, -0.2) is 0 Å². The molecule has 0 saturated heterocycles. The number of rotatable bonds is 3. The highest BCUT2D eigenvalue weighted by atomic mass is 79.9. The molecule has 1 radical (unpaired) electrons. The maximum Gasteiger partial charge on any atom is 0.269 e. The summed E-state index contributed by atoms with van der Waals surface area (Å²) in [7, 11) is 0. The molecule has 1 rings (SSSR count). The molecule has 0 spiro atoms. The van der Waals surface area contributed by atoms with Crippen molar-refractivity contribution >= 4 is 21.6 Å². The van der Waals surface area contributed by atoms with Crippen LogP contribution >= 0.6 is 15.9 Å². The van der Waals surface area contributed by atoms with E-state index >= 15 is 0 Å². The largest absolute Gasteiger partial charge is 0.269 e. The molecule has 3 nitrogen and oxygen atoms in total. The summed E-state index contributed by atoms with van der Waals surface area (Å²) in [5.41, 5.74) is 2.10. The maximum atomic E-state index is 10.4. The van der Waals surface area contributed by atoms with Gasteiger partial charge in [0.2, 0.25) is 0 Å². The Hall–Kier alpha value is -0.900. The SMILES string of the molecule is CCc1ccc([N+](=O)[O-])cc1[CH]Br. The number of hydrogen-bond acceptors (Lipinski definition) is 2. The molecule has 0 fully saturated rings. The van der Waals surface area contributed by atoms with Gasteiger partial charge in [-0.2, -0.15) is 0 Å². The van der Waals surface area contributed by atoms with Crippen LogP contribution in [0.5, 0.6) is 0 Å². The van der Waals surface area contributed by atoms with Crippen molar-refractivity contribution in [3.8, 4) is 0 Å². The van der Waals surface area contributed by atoms with Crippen LogP contribution in [0.15, 0.2) is 18.2 Å². The average Bonchev–Trinajstić information content (AvgIpc) is 2.16. The Bertz CT molecular complexity index is 325. The van der Waals surface area contributed by atoms with E-state index in [4.69, 9.17) is 0 Å². The van der Waals surface area contributed by atoms with E-state index in [1.54, 1.807) is 17.5 Å². The lowest BCUT2D eigenvalue weighted by molar-refractivity contribution is -0.384. The monoisotopic (exact) mass is 242 g/mol. The van der Waals surface area contributed by atoms with Crippen LogP contribution in [0, 0.1) is 15.4 Å². The predicted molar refractivity (Wildman–Crippen MR) is 54.8 cm³/mol. The van der Waals surface area contributed by atoms with Crippen LogP contribution in [0.1, 0.15) is 18.1 Å². The third-order valence-corrected chi connectivity index (χ3v) is 2.33. The lowest BCUT2D eigenvalue weighted by Gasteiger charge is -2.02. The molecule has 0 aliphatic rings. The van der Waals surface area contributed by atoms with E-state index in [1.165, 1.54) is 6.07 Å². The van der Waals surface area contributed by atoms with Crippen molar-refractivity contribution in [1.29, 1.82) is 0 Å². The fourth-order valence-electron chi connectivity index (χ4n) is 1.12. The zero-order valence-electron chi connectivity index (χ0n) is 7.16. The standard InChI is InChI=1S/C9H9BrNO2/c1-2-7-3-4-9(11(12)13)5-8(7)6-10/h3-6H,2H2,1H3. The van der Waals surface area contributed by atoms with E-state index in [1.807, 2.05) is 6.92 Å². The Labute approximate surface area is 85.0 Å². The molecule has 1 aromatic rings. The number of hydrogen-bond donors (Lipinski definition) is 0. The van der Waals surface area contributed by atoms with E-state index in [-0.39, 0.29) is 10.6 Å². The van der Waals surface area contributed by atoms with E-state index in [0.717, 1.165) is 17.5 Å². The second-order valence-electron chi connectivity index (χ2n) is 2.60. The Kier molecular flexibility index (Phi) is 3.42. The molecule has 0 amide bonds. The molecule has 0 atom stereocenters. The Balaban J connectivity index is 3.13. The van der Waals surface area contributed by atoms with E-state index < -0.39 is 0 Å². The number of nitro groups is 1. The van der Waals surface area contributed by atoms with Crippen LogP contribution < -0.4 is 0 Å². The fourth-order valence-corrected chi connectivity index (χ4v) is 1.55. The highest BCUT2D eigenvalue weighted by Gasteiger charge is 2.08. The molecule has 0 aliphatic carbocycles. The van der Waals surface area contributed by atoms with Gasteiger partial charge in [0.25, 0.3) is 5.69 Å². The number of benzene rings is 1. The molecule has 69 valence electrons. The lowest BCUT2D eigenvalue weighted by atomic mass is 10.1. The van der Waals surface area contributed by atoms with Gasteiger partial charge in [-0.1, -0.05) is 28.9 Å². The first-order valence-electron chi connectivity index (χ1n) is 3.89. The first-order chi connectivity index (χ1) is 6.19. The summed E-state index contributed by atoms with van der Waals surface area (Å²) in [5.74, 6) is 0. The topological polar surface area (TPSA) is 43.1 Å². The minimum atomic E-state index is -0.389. The Morgan fingerprint density at radius 2 is 2.31 bits per heavy atom. The number of nitro benzene ring substituents is 1. The van der Waals surface area contributed by atoms with Crippen LogP contribution in [0.2, 0.25) is 0 Å². The molecule has 0 bridgehead atoms. The molecular formula is C9H9BrNO2. The van der Waals surface area contributed by atoms with Crippen molar-refractivity contribution in [2.24, 2.45) is 0 Å². The normalized spacial score (nSPS) is 10.0. The molecular weight excluding hydrogens is 234 g/mol. The fraction of sp³-hybridized carbons (Fsp3) is 0.222. The minimum absolute atomic E-state index is 0.128. The number of halogens is 1. The van der Waals surface area contributed by atoms with Crippen molar-refractivity contribution < 1.29 is 4.92 Å². The second kappa shape index (κ2) is 4.37. The predicted octanol–water partition coefficient (Wildman–Crippen LogP) is 3.06. The molecule has 0 unspecified atom stereocenters. The first kappa shape index (κ1) is 10.2. The Morgan fingerprint density at radius 1 is 1.62 bits per heavy atom. The van der Waals surface area contributed by atoms with Crippen LogP contribution in [-0.4, -0.2) is 4.92 Å². The first-order valence-corrected chi connectivity index (χ1v) is 4.81. The molecule has 0 aromatic heterocycles. The summed E-state index contributed by atoms with van der Waals surface area (Å²) >= 11 is 3.18. The van der Waals surface area contributed by atoms with Crippen LogP contribution in [0.3, 0.4) is 0 Å². The smallest absolute Gasteiger partial charge is 0.258 e. The van der Waals surface area contributed by atoms with Crippen molar-refractivity contribution in [1.82, 2.24) is 0 Å². The molecule has 0 saturated carbocycles. The van der Waals surface area contributed by atoms with Crippen molar-refractivity contribution in [2.45, 2.75) is 13.3 Å². The maximum absolute atomic E-state index is 10.4. The third-order valence-electron chi connectivity index (χ3n) is 1.84. The van der Waals surface area contributed by atoms with Gasteiger partial charge in [0, 0.05) is 12.1 Å². The van der Waals surface area contributed by atoms with Gasteiger partial charge in [-0.05, 0) is 17.5 Å². The number of aryl methyl sites for hydroxylation is 1. The number of non-ortho nitro benzene ring substituents is 1. The van der Waals surface area contributed by atoms with Gasteiger partial charge in [0.05, 0.1) is 10.3 Å². The Morgan fingerprint density at radius 3 is 2.77 bits per heavy atom. The van der Waals surface area contributed by atoms with Crippen LogP contribution in [-0.2, 0) is 6.42 Å². The third kappa shape index (κ3) is 2.28. The van der Waals surface area contributed by atoms with Crippen molar-refractivity contribution in [2.75, 3.05) is 0 Å². The van der Waals surface area contributed by atoms with E-state index in [9.17, 15) is 10.1 Å². The summed E-state index contributed by atoms with van der Waals surface area (Å²) in [6, 6.07) is 4.87. The molecule has 0 heterocycles. The summed E-state index contributed by atoms with van der Waals surface area (Å²) in [4.78, 5) is 10.1. The molecule has 1 aromatic carbocycles. The zero-order valence-corrected chi connectivity index (χ0v) is 8.74. The van der Waals surface area contributed by atoms with E-state index in [0.29, 0.717) is 0 Å². The van der Waals surface area contributed by atoms with Crippen LogP contribution in [0.4, 0.5) is 5.69 Å². The van der Waals surface area contributed by atoms with E-state index in [2.05, 4.69) is 15.9 Å². The zero-order chi connectivity index (χ0) is 9.84. The average molecular weight is 243 g/mol. The second-order valence-corrected chi connectivity index (χ2v) is 3.06. The van der Waals surface area contributed by atoms with Gasteiger partial charge >= 0.3 is 0 Å². The summed E-state index contributed by atoms with van der Waals surface area (Å²) in [6.45, 7) is 2.02. The molecule has 0 N–H and O–H groups in total. The summed E-state index contributed by atoms with van der Waals surface area (Å²) < 4.78 is 0. The van der Waals surface area contributed by atoms with Crippen molar-refractivity contribution in [3.05, 3.63) is 44.8 Å². The summed E-state index contributed by atoms with van der Waals surface area (Å²) in [5, 5.41) is 12.2. The minimum Gasteiger partial charge on any atom is -0.258 e. The molecule has 13 heavy (non-hydrogen) atoms. The number of nitrogens with zero attached hydrogens (tertiary/aromatic N) is 1. The van der Waals surface area contributed by atoms with Gasteiger partial charge in [-0.15, -0.1) is 0 Å². The molecule has 4 heteroatoms. The highest BCUT2D eigenvalue weighted by molar-refractivity contribution is 9.10. The molecule has 0 aliphatic heterocycles. The quantitative estimate of drug-likeness (QED) is 0.604. The van der Waals surface area contributed by atoms with Gasteiger partial charge in [-0.3, -0.25) is 10.1 Å². The van der Waals surface area contributed by atoms with Gasteiger partial charge in [0.1, 0.15) is 0 Å². The van der Waals surface area contributed by atoms with Gasteiger partial charge in [0.15, 0.2) is 0 Å². The van der Waals surface area contributed by atoms with Crippen molar-refractivity contribution in [3.63, 3.8) is 0 Å². The lowest BCUT2D eigenvalue weighted by Crippen LogP contribution is -1.92. The summed E-state index contributed by atoms with van der Waals surface area (Å²) in [6.07, 6.45) is 0.870. The van der Waals surface area contributed by atoms with Crippen LogP contribution in [0.25, 0.3) is 0 Å². The highest BCUT2D eigenvalue weighted by Crippen LogP contribution is 2.21.